The summed E-state index contributed by atoms with van der Waals surface area (Å²) in [6.45, 7) is 1.13. The van der Waals surface area contributed by atoms with E-state index >= 15 is 0 Å². The Hall–Kier alpha value is -2.34. The van der Waals surface area contributed by atoms with Gasteiger partial charge in [0.1, 0.15) is 0 Å². The van der Waals surface area contributed by atoms with Crippen LogP contribution >= 0.6 is 0 Å². The molecule has 1 atom stereocenters. The lowest BCUT2D eigenvalue weighted by atomic mass is 10.1. The number of hydrogen-bond donors (Lipinski definition) is 2. The Kier molecular flexibility index (Phi) is 3.62. The number of hydrogen-bond acceptors (Lipinski definition) is 3. The molecule has 2 aromatic rings. The summed E-state index contributed by atoms with van der Waals surface area (Å²) in [7, 11) is 0. The summed E-state index contributed by atoms with van der Waals surface area (Å²) in [5.41, 5.74) is 1.54. The predicted octanol–water partition coefficient (Wildman–Crippen LogP) is 1.48. The van der Waals surface area contributed by atoms with Gasteiger partial charge >= 0.3 is 5.97 Å². The number of morpholine rings is 1. The topological polar surface area (TPSA) is 82.6 Å². The van der Waals surface area contributed by atoms with Gasteiger partial charge in [-0.25, -0.2) is 0 Å². The van der Waals surface area contributed by atoms with Gasteiger partial charge < -0.3 is 19.7 Å². The van der Waals surface area contributed by atoms with E-state index in [1.165, 1.54) is 0 Å². The highest BCUT2D eigenvalue weighted by Crippen LogP contribution is 2.19. The zero-order chi connectivity index (χ0) is 14.8. The van der Waals surface area contributed by atoms with Crippen LogP contribution in [-0.2, 0) is 9.53 Å². The fourth-order valence-electron chi connectivity index (χ4n) is 2.65. The molecular formula is C15H16N2O4. The first-order valence-corrected chi connectivity index (χ1v) is 6.83. The van der Waals surface area contributed by atoms with E-state index in [1.807, 2.05) is 24.4 Å². The summed E-state index contributed by atoms with van der Waals surface area (Å²) in [4.78, 5) is 28.2. The number of benzene rings is 1. The molecule has 0 aliphatic carbocycles. The maximum Gasteiger partial charge on any atom is 0.305 e. The number of nitrogens with one attached hydrogen (secondary N) is 1. The van der Waals surface area contributed by atoms with Crippen molar-refractivity contribution in [1.29, 1.82) is 0 Å². The zero-order valence-electron chi connectivity index (χ0n) is 11.4. The summed E-state index contributed by atoms with van der Waals surface area (Å²) < 4.78 is 5.29. The van der Waals surface area contributed by atoms with Gasteiger partial charge in [-0.15, -0.1) is 0 Å². The number of fused-ring (bicyclic) bond motifs is 1. The molecule has 3 rings (SSSR count). The Balaban J connectivity index is 1.85. The molecule has 2 N–H and O–H groups in total. The van der Waals surface area contributed by atoms with Crippen LogP contribution in [0.15, 0.2) is 30.5 Å². The zero-order valence-corrected chi connectivity index (χ0v) is 11.4. The van der Waals surface area contributed by atoms with E-state index in [9.17, 15) is 9.59 Å². The van der Waals surface area contributed by atoms with E-state index in [0.717, 1.165) is 10.9 Å². The molecule has 1 aromatic heterocycles. The summed E-state index contributed by atoms with van der Waals surface area (Å²) in [5.74, 6) is -1.07. The Morgan fingerprint density at radius 1 is 1.38 bits per heavy atom. The van der Waals surface area contributed by atoms with E-state index in [2.05, 4.69) is 4.98 Å². The van der Waals surface area contributed by atoms with Gasteiger partial charge in [-0.1, -0.05) is 0 Å². The molecule has 110 valence electrons. The van der Waals surface area contributed by atoms with Gasteiger partial charge in [-0.3, -0.25) is 9.59 Å². The van der Waals surface area contributed by atoms with E-state index in [4.69, 9.17) is 9.84 Å². The molecule has 0 spiro atoms. The van der Waals surface area contributed by atoms with Crippen molar-refractivity contribution in [3.05, 3.63) is 36.0 Å². The fourth-order valence-corrected chi connectivity index (χ4v) is 2.65. The summed E-state index contributed by atoms with van der Waals surface area (Å²) in [6.07, 6.45) is 1.72. The third-order valence-corrected chi connectivity index (χ3v) is 3.70. The lowest BCUT2D eigenvalue weighted by Gasteiger charge is -2.34. The first-order chi connectivity index (χ1) is 10.1. The van der Waals surface area contributed by atoms with E-state index in [-0.39, 0.29) is 18.9 Å². The number of carbonyl (C=O) groups is 2. The fraction of sp³-hybridized carbons (Fsp3) is 0.333. The lowest BCUT2D eigenvalue weighted by molar-refractivity contribution is -0.139. The smallest absolute Gasteiger partial charge is 0.305 e. The third kappa shape index (κ3) is 2.75. The minimum atomic E-state index is -0.926. The maximum absolute atomic E-state index is 12.6. The molecule has 0 bridgehead atoms. The van der Waals surface area contributed by atoms with Crippen LogP contribution in [0.2, 0.25) is 0 Å². The second-order valence-corrected chi connectivity index (χ2v) is 5.10. The average Bonchev–Trinajstić information content (AvgIpc) is 2.94. The molecule has 1 unspecified atom stereocenters. The largest absolute Gasteiger partial charge is 0.481 e. The number of rotatable bonds is 3. The Bertz CT molecular complexity index is 679. The van der Waals surface area contributed by atoms with Crippen LogP contribution in [0.3, 0.4) is 0 Å². The quantitative estimate of drug-likeness (QED) is 0.896. The van der Waals surface area contributed by atoms with Gasteiger partial charge in [-0.2, -0.15) is 0 Å². The highest BCUT2D eigenvalue weighted by molar-refractivity contribution is 5.98. The Morgan fingerprint density at radius 3 is 3.05 bits per heavy atom. The summed E-state index contributed by atoms with van der Waals surface area (Å²) >= 11 is 0. The standard InChI is InChI=1S/C15H16N2O4/c18-14(19)8-12-9-21-6-5-17(12)15(20)11-1-2-13-10(7-11)3-4-16-13/h1-4,7,12,16H,5-6,8-9H2,(H,18,19). The molecular weight excluding hydrogens is 272 g/mol. The lowest BCUT2D eigenvalue weighted by Crippen LogP contribution is -2.49. The third-order valence-electron chi connectivity index (χ3n) is 3.70. The number of aliphatic carboxylic acids is 1. The number of carboxylic acids is 1. The molecule has 0 saturated carbocycles. The van der Waals surface area contributed by atoms with Crippen molar-refractivity contribution in [2.24, 2.45) is 0 Å². The molecule has 6 nitrogen and oxygen atoms in total. The van der Waals surface area contributed by atoms with E-state index < -0.39 is 12.0 Å². The SMILES string of the molecule is O=C(O)CC1COCCN1C(=O)c1ccc2[nH]ccc2c1. The van der Waals surface area contributed by atoms with Crippen LogP contribution < -0.4 is 0 Å². The number of aromatic nitrogens is 1. The maximum atomic E-state index is 12.6. The second-order valence-electron chi connectivity index (χ2n) is 5.10. The van der Waals surface area contributed by atoms with Crippen LogP contribution in [0, 0.1) is 0 Å². The summed E-state index contributed by atoms with van der Waals surface area (Å²) in [5, 5.41) is 9.91. The Labute approximate surface area is 121 Å². The van der Waals surface area contributed by atoms with Gasteiger partial charge in [0.2, 0.25) is 0 Å². The number of ether oxygens (including phenoxy) is 1. The van der Waals surface area contributed by atoms with E-state index in [1.54, 1.807) is 11.0 Å². The van der Waals surface area contributed by atoms with Crippen molar-refractivity contribution in [2.75, 3.05) is 19.8 Å². The monoisotopic (exact) mass is 288 g/mol. The van der Waals surface area contributed by atoms with Crippen LogP contribution in [-0.4, -0.2) is 52.7 Å². The first-order valence-electron chi connectivity index (χ1n) is 6.83. The average molecular weight is 288 g/mol. The number of H-pyrrole nitrogens is 1. The predicted molar refractivity (Wildman–Crippen MR) is 76.2 cm³/mol. The highest BCUT2D eigenvalue weighted by atomic mass is 16.5. The van der Waals surface area contributed by atoms with Crippen molar-refractivity contribution < 1.29 is 19.4 Å². The van der Waals surface area contributed by atoms with Crippen LogP contribution in [0.1, 0.15) is 16.8 Å². The molecule has 1 aliphatic heterocycles. The van der Waals surface area contributed by atoms with Crippen LogP contribution in [0.25, 0.3) is 10.9 Å². The van der Waals surface area contributed by atoms with Crippen molar-refractivity contribution in [3.8, 4) is 0 Å². The number of amides is 1. The van der Waals surface area contributed by atoms with Gasteiger partial charge in [0.05, 0.1) is 25.7 Å². The second kappa shape index (κ2) is 5.57. The molecule has 1 saturated heterocycles. The van der Waals surface area contributed by atoms with Gasteiger partial charge in [0.25, 0.3) is 5.91 Å². The molecule has 1 aliphatic rings. The number of carboxylic acid groups (broad SMARTS) is 1. The molecule has 1 amide bonds. The molecule has 21 heavy (non-hydrogen) atoms. The summed E-state index contributed by atoms with van der Waals surface area (Å²) in [6, 6.07) is 6.93. The number of aromatic amines is 1. The minimum Gasteiger partial charge on any atom is -0.481 e. The normalized spacial score (nSPS) is 18.9. The Morgan fingerprint density at radius 2 is 2.24 bits per heavy atom. The van der Waals surface area contributed by atoms with Crippen molar-refractivity contribution in [2.45, 2.75) is 12.5 Å². The molecule has 2 heterocycles. The molecule has 0 radical (unpaired) electrons. The first kappa shape index (κ1) is 13.6. The highest BCUT2D eigenvalue weighted by Gasteiger charge is 2.29. The minimum absolute atomic E-state index is 0.0991. The number of carbonyl (C=O) groups excluding carboxylic acids is 1. The van der Waals surface area contributed by atoms with Crippen molar-refractivity contribution in [3.63, 3.8) is 0 Å². The van der Waals surface area contributed by atoms with Gasteiger partial charge in [0, 0.05) is 29.2 Å². The van der Waals surface area contributed by atoms with Crippen LogP contribution in [0.5, 0.6) is 0 Å². The molecule has 1 aromatic carbocycles. The molecule has 6 heteroatoms. The molecule has 1 fully saturated rings. The van der Waals surface area contributed by atoms with Gasteiger partial charge in [-0.05, 0) is 24.3 Å². The van der Waals surface area contributed by atoms with E-state index in [0.29, 0.717) is 18.7 Å². The van der Waals surface area contributed by atoms with Crippen molar-refractivity contribution in [1.82, 2.24) is 9.88 Å². The number of nitrogens with zero attached hydrogens (tertiary/aromatic N) is 1. The van der Waals surface area contributed by atoms with Crippen molar-refractivity contribution >= 4 is 22.8 Å². The van der Waals surface area contributed by atoms with Crippen LogP contribution in [0.4, 0.5) is 0 Å². The van der Waals surface area contributed by atoms with Gasteiger partial charge in [0.15, 0.2) is 0 Å².